The largest absolute Gasteiger partial charge is 0.374 e. The van der Waals surface area contributed by atoms with E-state index in [0.717, 1.165) is 26.1 Å². The molecule has 1 fully saturated rings. The Bertz CT molecular complexity index is 572. The molecule has 3 rings (SSSR count). The number of carbonyl (C=O) groups excluding carboxylic acids is 1. The summed E-state index contributed by atoms with van der Waals surface area (Å²) in [4.78, 5) is 18.6. The number of aromatic nitrogens is 3. The summed E-state index contributed by atoms with van der Waals surface area (Å²) in [6, 6.07) is -0.137. The van der Waals surface area contributed by atoms with Crippen LogP contribution < -0.4 is 5.32 Å². The van der Waals surface area contributed by atoms with E-state index in [1.807, 2.05) is 6.92 Å². The number of hydrogen-bond donors (Lipinski definition) is 1. The quantitative estimate of drug-likeness (QED) is 0.755. The highest BCUT2D eigenvalue weighted by atomic mass is 16.5. The molecule has 1 aliphatic carbocycles. The van der Waals surface area contributed by atoms with Crippen molar-refractivity contribution in [3.8, 4) is 0 Å². The number of morpholine rings is 1. The third-order valence-electron chi connectivity index (χ3n) is 5.09. The first-order valence-corrected chi connectivity index (χ1v) is 9.36. The Hall–Kier alpha value is -1.73. The fourth-order valence-electron chi connectivity index (χ4n) is 3.53. The molecule has 1 N–H and O–H groups in total. The van der Waals surface area contributed by atoms with Crippen molar-refractivity contribution in [2.75, 3.05) is 26.2 Å². The summed E-state index contributed by atoms with van der Waals surface area (Å²) in [6.45, 7) is 5.55. The van der Waals surface area contributed by atoms with Crippen molar-refractivity contribution in [3.05, 3.63) is 24.3 Å². The van der Waals surface area contributed by atoms with Crippen LogP contribution in [-0.2, 0) is 16.1 Å². The minimum Gasteiger partial charge on any atom is -0.374 e. The molecule has 1 aromatic rings. The molecule has 1 aliphatic heterocycles. The van der Waals surface area contributed by atoms with Gasteiger partial charge < -0.3 is 10.1 Å². The van der Waals surface area contributed by atoms with Crippen LogP contribution >= 0.6 is 0 Å². The predicted octanol–water partition coefficient (Wildman–Crippen LogP) is 1.37. The summed E-state index contributed by atoms with van der Waals surface area (Å²) in [5.41, 5.74) is 1.50. The van der Waals surface area contributed by atoms with E-state index >= 15 is 0 Å². The number of allylic oxidation sites excluding steroid dienone is 1. The number of nitrogens with one attached hydrogen (secondary N) is 1. The lowest BCUT2D eigenvalue weighted by Gasteiger charge is -2.36. The van der Waals surface area contributed by atoms with Crippen LogP contribution in [0.5, 0.6) is 0 Å². The van der Waals surface area contributed by atoms with Gasteiger partial charge in [0.25, 0.3) is 0 Å². The van der Waals surface area contributed by atoms with Gasteiger partial charge in [-0.05, 0) is 39.0 Å². The van der Waals surface area contributed by atoms with Crippen LogP contribution in [0.2, 0.25) is 0 Å². The van der Waals surface area contributed by atoms with Gasteiger partial charge in [-0.25, -0.2) is 4.98 Å². The van der Waals surface area contributed by atoms with Crippen molar-refractivity contribution in [1.29, 1.82) is 0 Å². The Labute approximate surface area is 149 Å². The molecule has 0 spiro atoms. The van der Waals surface area contributed by atoms with Gasteiger partial charge >= 0.3 is 0 Å². The second kappa shape index (κ2) is 9.10. The Morgan fingerprint density at radius 3 is 3.16 bits per heavy atom. The van der Waals surface area contributed by atoms with Crippen molar-refractivity contribution in [2.24, 2.45) is 0 Å². The summed E-state index contributed by atoms with van der Waals surface area (Å²) in [5.74, 6) is 0.109. The first-order valence-electron chi connectivity index (χ1n) is 9.36. The van der Waals surface area contributed by atoms with Crippen LogP contribution in [0.1, 0.15) is 39.0 Å². The van der Waals surface area contributed by atoms with E-state index in [9.17, 15) is 4.79 Å². The second-order valence-electron chi connectivity index (χ2n) is 6.93. The average molecular weight is 347 g/mol. The molecular weight excluding hydrogens is 318 g/mol. The predicted molar refractivity (Wildman–Crippen MR) is 95.0 cm³/mol. The van der Waals surface area contributed by atoms with Crippen LogP contribution in [-0.4, -0.2) is 64.0 Å². The standard InChI is InChI=1S/C18H29N5O2/c1-15(18(24)20-8-7-16-5-3-2-4-6-16)22-9-10-25-17(11-22)12-23-14-19-13-21-23/h5,13-15,17H,2-4,6-12H2,1H3,(H,20,24)/t15-,17+/m1/s1. The monoisotopic (exact) mass is 347 g/mol. The van der Waals surface area contributed by atoms with E-state index in [2.05, 4.69) is 26.4 Å². The molecule has 1 saturated heterocycles. The van der Waals surface area contributed by atoms with E-state index < -0.39 is 0 Å². The van der Waals surface area contributed by atoms with Gasteiger partial charge in [0, 0.05) is 19.6 Å². The lowest BCUT2D eigenvalue weighted by molar-refractivity contribution is -0.129. The molecule has 2 atom stereocenters. The number of ether oxygens (including phenoxy) is 1. The molecule has 7 heteroatoms. The van der Waals surface area contributed by atoms with Gasteiger partial charge in [0.05, 0.1) is 25.3 Å². The normalized spacial score (nSPS) is 23.1. The maximum absolute atomic E-state index is 12.5. The topological polar surface area (TPSA) is 72.3 Å². The third-order valence-corrected chi connectivity index (χ3v) is 5.09. The van der Waals surface area contributed by atoms with Crippen molar-refractivity contribution < 1.29 is 9.53 Å². The zero-order valence-electron chi connectivity index (χ0n) is 15.1. The number of carbonyl (C=O) groups is 1. The number of hydrogen-bond acceptors (Lipinski definition) is 5. The Morgan fingerprint density at radius 1 is 1.48 bits per heavy atom. The number of rotatable bonds is 7. The van der Waals surface area contributed by atoms with Gasteiger partial charge in [-0.3, -0.25) is 14.4 Å². The molecule has 1 amide bonds. The second-order valence-corrected chi connectivity index (χ2v) is 6.93. The van der Waals surface area contributed by atoms with Crippen LogP contribution in [0.3, 0.4) is 0 Å². The summed E-state index contributed by atoms with van der Waals surface area (Å²) < 4.78 is 7.58. The molecule has 0 saturated carbocycles. The highest BCUT2D eigenvalue weighted by Crippen LogP contribution is 2.19. The third kappa shape index (κ3) is 5.37. The minimum absolute atomic E-state index is 0.0399. The van der Waals surface area contributed by atoms with Crippen LogP contribution in [0, 0.1) is 0 Å². The summed E-state index contributed by atoms with van der Waals surface area (Å²) in [6.07, 6.45) is 11.6. The van der Waals surface area contributed by atoms with Gasteiger partial charge in [-0.1, -0.05) is 11.6 Å². The highest BCUT2D eigenvalue weighted by Gasteiger charge is 2.28. The lowest BCUT2D eigenvalue weighted by Crippen LogP contribution is -2.53. The van der Waals surface area contributed by atoms with Crippen molar-refractivity contribution in [3.63, 3.8) is 0 Å². The van der Waals surface area contributed by atoms with Crippen molar-refractivity contribution in [2.45, 2.75) is 57.7 Å². The number of amides is 1. The molecule has 0 aromatic carbocycles. The maximum atomic E-state index is 12.5. The van der Waals surface area contributed by atoms with E-state index in [-0.39, 0.29) is 18.1 Å². The van der Waals surface area contributed by atoms with E-state index in [4.69, 9.17) is 4.74 Å². The van der Waals surface area contributed by atoms with Crippen LogP contribution in [0.25, 0.3) is 0 Å². The Morgan fingerprint density at radius 2 is 2.40 bits per heavy atom. The van der Waals surface area contributed by atoms with Gasteiger partial charge in [-0.15, -0.1) is 0 Å². The van der Waals surface area contributed by atoms with Crippen molar-refractivity contribution >= 4 is 5.91 Å². The molecule has 7 nitrogen and oxygen atoms in total. The summed E-state index contributed by atoms with van der Waals surface area (Å²) in [7, 11) is 0. The fraction of sp³-hybridized carbons (Fsp3) is 0.722. The van der Waals surface area contributed by atoms with Gasteiger partial charge in [0.1, 0.15) is 12.7 Å². The molecular formula is C18H29N5O2. The van der Waals surface area contributed by atoms with Crippen molar-refractivity contribution in [1.82, 2.24) is 25.0 Å². The van der Waals surface area contributed by atoms with E-state index in [1.54, 1.807) is 11.0 Å². The molecule has 0 bridgehead atoms. The first kappa shape index (κ1) is 18.1. The molecule has 0 radical (unpaired) electrons. The molecule has 0 unspecified atom stereocenters. The van der Waals surface area contributed by atoms with E-state index in [0.29, 0.717) is 13.2 Å². The number of nitrogens with zero attached hydrogens (tertiary/aromatic N) is 4. The fourth-order valence-corrected chi connectivity index (χ4v) is 3.53. The molecule has 1 aromatic heterocycles. The summed E-state index contributed by atoms with van der Waals surface area (Å²) >= 11 is 0. The zero-order valence-corrected chi connectivity index (χ0v) is 15.1. The van der Waals surface area contributed by atoms with Gasteiger partial charge in [0.2, 0.25) is 5.91 Å². The smallest absolute Gasteiger partial charge is 0.237 e. The first-order chi connectivity index (χ1) is 12.2. The average Bonchev–Trinajstić information content (AvgIpc) is 3.15. The Kier molecular flexibility index (Phi) is 6.58. The minimum atomic E-state index is -0.137. The Balaban J connectivity index is 1.42. The molecule has 2 heterocycles. The van der Waals surface area contributed by atoms with Gasteiger partial charge in [-0.2, -0.15) is 5.10 Å². The van der Waals surface area contributed by atoms with Gasteiger partial charge in [0.15, 0.2) is 0 Å². The van der Waals surface area contributed by atoms with E-state index in [1.165, 1.54) is 37.6 Å². The SMILES string of the molecule is C[C@H](C(=O)NCCC1=CCCCC1)N1CCO[C@H](Cn2cncn2)C1. The maximum Gasteiger partial charge on any atom is 0.237 e. The highest BCUT2D eigenvalue weighted by molar-refractivity contribution is 5.81. The molecule has 25 heavy (non-hydrogen) atoms. The van der Waals surface area contributed by atoms with Crippen LogP contribution in [0.15, 0.2) is 24.3 Å². The van der Waals surface area contributed by atoms with Crippen LogP contribution in [0.4, 0.5) is 0 Å². The molecule has 2 aliphatic rings. The molecule has 138 valence electrons. The zero-order chi connectivity index (χ0) is 17.5. The summed E-state index contributed by atoms with van der Waals surface area (Å²) in [5, 5.41) is 7.22. The lowest BCUT2D eigenvalue weighted by atomic mass is 9.97.